The molecule has 0 radical (unpaired) electrons. The van der Waals surface area contributed by atoms with Crippen LogP contribution in [0.15, 0.2) is 18.2 Å². The number of ether oxygens (including phenoxy) is 1. The lowest BCUT2D eigenvalue weighted by molar-refractivity contribution is 0.192. The van der Waals surface area contributed by atoms with Crippen molar-refractivity contribution in [3.63, 3.8) is 0 Å². The van der Waals surface area contributed by atoms with Crippen LogP contribution in [-0.4, -0.2) is 63.2 Å². The second-order valence-corrected chi connectivity index (χ2v) is 7.59. The van der Waals surface area contributed by atoms with E-state index >= 15 is 0 Å². The summed E-state index contributed by atoms with van der Waals surface area (Å²) < 4.78 is 5.50. The Hall–Kier alpha value is -1.87. The predicted molar refractivity (Wildman–Crippen MR) is 107 cm³/mol. The van der Waals surface area contributed by atoms with E-state index in [-0.39, 0.29) is 18.5 Å². The topological polar surface area (TPSA) is 89.7 Å². The van der Waals surface area contributed by atoms with Gasteiger partial charge < -0.3 is 25.6 Å². The molecule has 3 rings (SSSR count). The number of amides is 2. The molecule has 2 aliphatic heterocycles. The lowest BCUT2D eigenvalue weighted by Crippen LogP contribution is -2.67. The van der Waals surface area contributed by atoms with Crippen LogP contribution < -0.4 is 31.3 Å². The van der Waals surface area contributed by atoms with Gasteiger partial charge in [-0.1, -0.05) is 0 Å². The number of anilines is 1. The lowest BCUT2D eigenvalue weighted by Gasteiger charge is -2.37. The second-order valence-electron chi connectivity index (χ2n) is 7.59. The smallest absolute Gasteiger partial charge is 0.321 e. The minimum Gasteiger partial charge on any atom is -0.493 e. The van der Waals surface area contributed by atoms with Crippen molar-refractivity contribution in [3.8, 4) is 5.75 Å². The first kappa shape index (κ1) is 19.9. The number of carbonyl (C=O) groups is 1. The van der Waals surface area contributed by atoms with Gasteiger partial charge in [0.2, 0.25) is 0 Å². The average Bonchev–Trinajstić information content (AvgIpc) is 3.05. The van der Waals surface area contributed by atoms with Crippen LogP contribution in [0, 0.1) is 0 Å². The van der Waals surface area contributed by atoms with E-state index in [2.05, 4.69) is 52.5 Å². The first-order chi connectivity index (χ1) is 13.0. The summed E-state index contributed by atoms with van der Waals surface area (Å²) in [5, 5.41) is 16.1. The van der Waals surface area contributed by atoms with Crippen molar-refractivity contribution in [2.45, 2.75) is 44.7 Å². The number of fused-ring (bicyclic) bond motifs is 1. The van der Waals surface area contributed by atoms with Crippen LogP contribution in [0.1, 0.15) is 25.3 Å². The van der Waals surface area contributed by atoms with Crippen LogP contribution in [0.5, 0.6) is 5.75 Å². The molecule has 1 aromatic carbocycles. The molecule has 8 nitrogen and oxygen atoms in total. The molecule has 0 bridgehead atoms. The monoisotopic (exact) mass is 376 g/mol. The van der Waals surface area contributed by atoms with Gasteiger partial charge in [0.05, 0.1) is 12.8 Å². The van der Waals surface area contributed by atoms with E-state index in [1.807, 2.05) is 18.2 Å². The van der Waals surface area contributed by atoms with Crippen molar-refractivity contribution >= 4 is 11.7 Å². The number of urea groups is 1. The van der Waals surface area contributed by atoms with Gasteiger partial charge in [0.1, 0.15) is 12.0 Å². The second kappa shape index (κ2) is 9.36. The molecule has 8 heteroatoms. The van der Waals surface area contributed by atoms with Gasteiger partial charge in [-0.25, -0.2) is 4.79 Å². The summed E-state index contributed by atoms with van der Waals surface area (Å²) in [4.78, 5) is 14.6. The fourth-order valence-corrected chi connectivity index (χ4v) is 3.48. The quantitative estimate of drug-likeness (QED) is 0.454. The molecule has 2 heterocycles. The SMILES string of the molecule is CC1CC(NCCCN(C)C)NC(NC(=O)Nc2ccc3c(c2)CCO3)N1. The predicted octanol–water partition coefficient (Wildman–Crippen LogP) is 0.865. The number of rotatable bonds is 7. The molecule has 3 unspecified atom stereocenters. The van der Waals surface area contributed by atoms with Crippen molar-refractivity contribution < 1.29 is 9.53 Å². The molecule has 1 aromatic rings. The molecule has 150 valence electrons. The van der Waals surface area contributed by atoms with Gasteiger partial charge in [-0.05, 0) is 70.7 Å². The highest BCUT2D eigenvalue weighted by Crippen LogP contribution is 2.27. The summed E-state index contributed by atoms with van der Waals surface area (Å²) in [5.74, 6) is 0.911. The van der Waals surface area contributed by atoms with Crippen molar-refractivity contribution in [2.75, 3.05) is 39.1 Å². The average molecular weight is 377 g/mol. The third-order valence-corrected chi connectivity index (χ3v) is 4.80. The zero-order valence-electron chi connectivity index (χ0n) is 16.5. The van der Waals surface area contributed by atoms with Crippen LogP contribution in [0.3, 0.4) is 0 Å². The maximum Gasteiger partial charge on any atom is 0.321 e. The Morgan fingerprint density at radius 2 is 2.19 bits per heavy atom. The normalized spacial score (nSPS) is 24.4. The highest BCUT2D eigenvalue weighted by molar-refractivity contribution is 5.89. The van der Waals surface area contributed by atoms with Crippen molar-refractivity contribution in [3.05, 3.63) is 23.8 Å². The van der Waals surface area contributed by atoms with Crippen molar-refractivity contribution in [2.24, 2.45) is 0 Å². The number of nitrogens with zero attached hydrogens (tertiary/aromatic N) is 1. The van der Waals surface area contributed by atoms with E-state index in [4.69, 9.17) is 4.74 Å². The number of nitrogens with one attached hydrogen (secondary N) is 5. The Labute approximate surface area is 161 Å². The summed E-state index contributed by atoms with van der Waals surface area (Å²) in [6, 6.07) is 5.81. The molecule has 0 aromatic heterocycles. The summed E-state index contributed by atoms with van der Waals surface area (Å²) in [6.07, 6.45) is 2.83. The van der Waals surface area contributed by atoms with Gasteiger partial charge in [0.25, 0.3) is 0 Å². The minimum atomic E-state index is -0.280. The molecule has 0 aliphatic carbocycles. The van der Waals surface area contributed by atoms with Crippen LogP contribution in [-0.2, 0) is 6.42 Å². The van der Waals surface area contributed by atoms with Crippen LogP contribution in [0.25, 0.3) is 0 Å². The van der Waals surface area contributed by atoms with Gasteiger partial charge in [-0.2, -0.15) is 0 Å². The van der Waals surface area contributed by atoms with E-state index in [9.17, 15) is 4.79 Å². The molecular formula is C19H32N6O2. The standard InChI is InChI=1S/C19H32N6O2/c1-13-11-17(20-8-4-9-25(2)3)23-18(21-13)24-19(26)22-15-5-6-16-14(12-15)7-10-27-16/h5-6,12-13,17-18,20-21,23H,4,7-11H2,1-3H3,(H2,22,24,26). The summed E-state index contributed by atoms with van der Waals surface area (Å²) >= 11 is 0. The molecule has 27 heavy (non-hydrogen) atoms. The van der Waals surface area contributed by atoms with Crippen LogP contribution in [0.2, 0.25) is 0 Å². The Balaban J connectivity index is 1.45. The van der Waals surface area contributed by atoms with Crippen molar-refractivity contribution in [1.82, 2.24) is 26.2 Å². The summed E-state index contributed by atoms with van der Waals surface area (Å²) in [7, 11) is 4.16. The number of hydrogen-bond donors (Lipinski definition) is 5. The van der Waals surface area contributed by atoms with E-state index in [0.717, 1.165) is 49.4 Å². The van der Waals surface area contributed by atoms with E-state index in [1.165, 1.54) is 0 Å². The molecule has 2 aliphatic rings. The maximum atomic E-state index is 12.4. The van der Waals surface area contributed by atoms with Gasteiger partial charge in [-0.3, -0.25) is 10.6 Å². The maximum absolute atomic E-state index is 12.4. The first-order valence-electron chi connectivity index (χ1n) is 9.73. The lowest BCUT2D eigenvalue weighted by atomic mass is 10.1. The molecule has 1 fully saturated rings. The molecule has 5 N–H and O–H groups in total. The van der Waals surface area contributed by atoms with Crippen molar-refractivity contribution in [1.29, 1.82) is 0 Å². The van der Waals surface area contributed by atoms with E-state index < -0.39 is 0 Å². The van der Waals surface area contributed by atoms with Crippen LogP contribution in [0.4, 0.5) is 10.5 Å². The molecule has 2 amide bonds. The van der Waals surface area contributed by atoms with Gasteiger partial charge in [-0.15, -0.1) is 0 Å². The number of hydrogen-bond acceptors (Lipinski definition) is 6. The van der Waals surface area contributed by atoms with E-state index in [0.29, 0.717) is 12.6 Å². The Bertz CT molecular complexity index is 639. The summed E-state index contributed by atoms with van der Waals surface area (Å²) in [5.41, 5.74) is 1.91. The molecule has 0 saturated carbocycles. The van der Waals surface area contributed by atoms with Gasteiger partial charge in [0.15, 0.2) is 0 Å². The summed E-state index contributed by atoms with van der Waals surface area (Å²) in [6.45, 7) is 4.84. The third kappa shape index (κ3) is 6.07. The number of carbonyl (C=O) groups excluding carboxylic acids is 1. The molecule has 3 atom stereocenters. The van der Waals surface area contributed by atoms with Crippen LogP contribution >= 0.6 is 0 Å². The zero-order valence-corrected chi connectivity index (χ0v) is 16.5. The zero-order chi connectivity index (χ0) is 19.2. The largest absolute Gasteiger partial charge is 0.493 e. The Morgan fingerprint density at radius 3 is 3.00 bits per heavy atom. The highest BCUT2D eigenvalue weighted by atomic mass is 16.5. The Morgan fingerprint density at radius 1 is 1.33 bits per heavy atom. The fraction of sp³-hybridized carbons (Fsp3) is 0.632. The Kier molecular flexibility index (Phi) is 6.89. The van der Waals surface area contributed by atoms with E-state index in [1.54, 1.807) is 0 Å². The third-order valence-electron chi connectivity index (χ3n) is 4.80. The fourth-order valence-electron chi connectivity index (χ4n) is 3.48. The van der Waals surface area contributed by atoms with Gasteiger partial charge >= 0.3 is 6.03 Å². The van der Waals surface area contributed by atoms with Gasteiger partial charge in [0, 0.05) is 18.2 Å². The highest BCUT2D eigenvalue weighted by Gasteiger charge is 2.25. The first-order valence-corrected chi connectivity index (χ1v) is 9.73. The molecule has 0 spiro atoms. The molecule has 1 saturated heterocycles. The number of benzene rings is 1. The minimum absolute atomic E-state index is 0.172. The molecular weight excluding hydrogens is 344 g/mol.